The van der Waals surface area contributed by atoms with Crippen molar-refractivity contribution in [3.05, 3.63) is 84.3 Å². The summed E-state index contributed by atoms with van der Waals surface area (Å²) in [6.45, 7) is 0.373. The summed E-state index contributed by atoms with van der Waals surface area (Å²) in [5, 5.41) is 4.22. The van der Waals surface area contributed by atoms with Crippen LogP contribution in [0.15, 0.2) is 82.6 Å². The number of hydrogen-bond acceptors (Lipinski definition) is 6. The molecule has 154 valence electrons. The van der Waals surface area contributed by atoms with E-state index in [2.05, 4.69) is 5.16 Å². The van der Waals surface area contributed by atoms with Crippen LogP contribution in [0.25, 0.3) is 0 Å². The maximum Gasteiger partial charge on any atom is 0.414 e. The number of hydrogen-bond donors (Lipinski definition) is 0. The Labute approximate surface area is 174 Å². The number of carbonyl (C=O) groups excluding carboxylic acids is 1. The molecule has 1 aliphatic heterocycles. The number of oxime groups is 1. The van der Waals surface area contributed by atoms with Crippen molar-refractivity contribution in [1.29, 1.82) is 0 Å². The third kappa shape index (κ3) is 4.63. The number of carbonyl (C=O) groups is 1. The van der Waals surface area contributed by atoms with E-state index in [0.29, 0.717) is 18.7 Å². The van der Waals surface area contributed by atoms with Crippen molar-refractivity contribution in [3.63, 3.8) is 0 Å². The lowest BCUT2D eigenvalue weighted by molar-refractivity contribution is 0.0856. The molecule has 0 aliphatic carbocycles. The van der Waals surface area contributed by atoms with Crippen molar-refractivity contribution in [2.75, 3.05) is 18.6 Å². The van der Waals surface area contributed by atoms with E-state index in [1.165, 1.54) is 0 Å². The predicted octanol–water partition coefficient (Wildman–Crippen LogP) is 4.62. The van der Waals surface area contributed by atoms with Gasteiger partial charge in [-0.1, -0.05) is 23.4 Å². The molecule has 1 aromatic heterocycles. The van der Waals surface area contributed by atoms with Crippen molar-refractivity contribution < 1.29 is 23.5 Å². The van der Waals surface area contributed by atoms with Crippen LogP contribution in [0.4, 0.5) is 10.5 Å². The van der Waals surface area contributed by atoms with Gasteiger partial charge in [0.1, 0.15) is 11.5 Å². The Hall–Kier alpha value is -3.74. The summed E-state index contributed by atoms with van der Waals surface area (Å²) in [7, 11) is 1.63. The number of methoxy groups -OCH3 is 1. The molecule has 0 saturated heterocycles. The van der Waals surface area contributed by atoms with E-state index >= 15 is 0 Å². The summed E-state index contributed by atoms with van der Waals surface area (Å²) >= 11 is 0. The molecule has 7 heteroatoms. The number of para-hydroxylation sites is 1. The first kappa shape index (κ1) is 19.6. The molecule has 2 aromatic carbocycles. The van der Waals surface area contributed by atoms with E-state index in [9.17, 15) is 4.79 Å². The topological polar surface area (TPSA) is 73.5 Å². The Morgan fingerprint density at radius 2 is 1.90 bits per heavy atom. The third-order valence-electron chi connectivity index (χ3n) is 4.75. The van der Waals surface area contributed by atoms with Crippen LogP contribution in [-0.2, 0) is 16.2 Å². The van der Waals surface area contributed by atoms with Crippen LogP contribution >= 0.6 is 0 Å². The lowest BCUT2D eigenvalue weighted by atomic mass is 10.0. The summed E-state index contributed by atoms with van der Waals surface area (Å²) in [4.78, 5) is 20.0. The maximum absolute atomic E-state index is 12.8. The number of amides is 1. The number of anilines is 1. The van der Waals surface area contributed by atoms with Crippen LogP contribution in [0.3, 0.4) is 0 Å². The Bertz CT molecular complexity index is 984. The van der Waals surface area contributed by atoms with Gasteiger partial charge in [-0.15, -0.1) is 0 Å². The highest BCUT2D eigenvalue weighted by molar-refractivity contribution is 6.01. The zero-order chi connectivity index (χ0) is 20.8. The number of ether oxygens (including phenoxy) is 2. The van der Waals surface area contributed by atoms with Gasteiger partial charge in [0.05, 0.1) is 25.6 Å². The minimum Gasteiger partial charge on any atom is -0.497 e. The molecular formula is C23H22N2O5. The normalized spacial score (nSPS) is 15.2. The summed E-state index contributed by atoms with van der Waals surface area (Å²) in [5.41, 5.74) is 2.52. The van der Waals surface area contributed by atoms with Crippen LogP contribution in [-0.4, -0.2) is 31.6 Å². The molecule has 30 heavy (non-hydrogen) atoms. The standard InChI is InChI=1S/C23H22N2O5/c1-27-19-11-9-17(10-12-19)22-14-21(30-24-22)15-25(18-6-3-2-4-7-18)23(26)29-16-20-8-5-13-28-20/h2-13,21H,14-16H2,1H3. The lowest BCUT2D eigenvalue weighted by Crippen LogP contribution is -2.38. The Morgan fingerprint density at radius 3 is 2.60 bits per heavy atom. The average molecular weight is 406 g/mol. The second-order valence-corrected chi connectivity index (χ2v) is 6.78. The molecule has 0 bridgehead atoms. The Balaban J connectivity index is 1.42. The van der Waals surface area contributed by atoms with Gasteiger partial charge in [-0.05, 0) is 54.1 Å². The Kier molecular flexibility index (Phi) is 5.98. The smallest absolute Gasteiger partial charge is 0.414 e. The first-order chi connectivity index (χ1) is 14.7. The molecule has 0 saturated carbocycles. The van der Waals surface area contributed by atoms with Crippen molar-refractivity contribution >= 4 is 17.5 Å². The van der Waals surface area contributed by atoms with Crippen LogP contribution < -0.4 is 9.64 Å². The van der Waals surface area contributed by atoms with Gasteiger partial charge in [-0.3, -0.25) is 4.90 Å². The molecule has 4 rings (SSSR count). The van der Waals surface area contributed by atoms with Gasteiger partial charge in [0.2, 0.25) is 0 Å². The van der Waals surface area contributed by atoms with Gasteiger partial charge in [0.15, 0.2) is 12.7 Å². The first-order valence-corrected chi connectivity index (χ1v) is 9.62. The first-order valence-electron chi connectivity index (χ1n) is 9.62. The highest BCUT2D eigenvalue weighted by Crippen LogP contribution is 2.23. The van der Waals surface area contributed by atoms with Crippen LogP contribution in [0, 0.1) is 0 Å². The largest absolute Gasteiger partial charge is 0.497 e. The number of furan rings is 1. The molecule has 0 fully saturated rings. The second-order valence-electron chi connectivity index (χ2n) is 6.78. The summed E-state index contributed by atoms with van der Waals surface area (Å²) in [6.07, 6.45) is 1.38. The molecule has 1 aliphatic rings. The van der Waals surface area contributed by atoms with Gasteiger partial charge in [0.25, 0.3) is 0 Å². The molecule has 1 unspecified atom stereocenters. The van der Waals surface area contributed by atoms with Crippen molar-refractivity contribution in [2.45, 2.75) is 19.1 Å². The fraction of sp³-hybridized carbons (Fsp3) is 0.217. The predicted molar refractivity (Wildman–Crippen MR) is 112 cm³/mol. The van der Waals surface area contributed by atoms with Gasteiger partial charge in [-0.25, -0.2) is 4.79 Å². The highest BCUT2D eigenvalue weighted by Gasteiger charge is 2.28. The molecule has 2 heterocycles. The van der Waals surface area contributed by atoms with E-state index in [0.717, 1.165) is 22.7 Å². The molecule has 0 spiro atoms. The molecule has 0 radical (unpaired) electrons. The van der Waals surface area contributed by atoms with E-state index in [1.807, 2.05) is 54.6 Å². The number of nitrogens with zero attached hydrogens (tertiary/aromatic N) is 2. The fourth-order valence-corrected chi connectivity index (χ4v) is 3.18. The van der Waals surface area contributed by atoms with Crippen molar-refractivity contribution in [1.82, 2.24) is 0 Å². The maximum atomic E-state index is 12.8. The summed E-state index contributed by atoms with van der Waals surface area (Å²) in [5.74, 6) is 1.36. The van der Waals surface area contributed by atoms with Gasteiger partial charge in [-0.2, -0.15) is 0 Å². The molecule has 1 amide bonds. The SMILES string of the molecule is COc1ccc(C2=NOC(CN(C(=O)OCc3ccco3)c3ccccc3)C2)cc1. The van der Waals surface area contributed by atoms with Crippen molar-refractivity contribution in [2.24, 2.45) is 5.16 Å². The second kappa shape index (κ2) is 9.17. The highest BCUT2D eigenvalue weighted by atomic mass is 16.6. The minimum absolute atomic E-state index is 0.0638. The van der Waals surface area contributed by atoms with Crippen molar-refractivity contribution in [3.8, 4) is 5.75 Å². The third-order valence-corrected chi connectivity index (χ3v) is 4.75. The zero-order valence-corrected chi connectivity index (χ0v) is 16.6. The van der Waals surface area contributed by atoms with Gasteiger partial charge < -0.3 is 18.7 Å². The molecule has 3 aromatic rings. The molecule has 7 nitrogen and oxygen atoms in total. The quantitative estimate of drug-likeness (QED) is 0.572. The molecular weight excluding hydrogens is 384 g/mol. The molecule has 0 N–H and O–H groups in total. The van der Waals surface area contributed by atoms with Gasteiger partial charge >= 0.3 is 6.09 Å². The fourth-order valence-electron chi connectivity index (χ4n) is 3.18. The van der Waals surface area contributed by atoms with Crippen LogP contribution in [0.2, 0.25) is 0 Å². The zero-order valence-electron chi connectivity index (χ0n) is 16.6. The Morgan fingerprint density at radius 1 is 1.10 bits per heavy atom. The summed E-state index contributed by atoms with van der Waals surface area (Å²) < 4.78 is 15.9. The van der Waals surface area contributed by atoms with E-state index in [-0.39, 0.29) is 12.7 Å². The number of benzene rings is 2. The minimum atomic E-state index is -0.473. The van der Waals surface area contributed by atoms with E-state index in [1.54, 1.807) is 30.4 Å². The average Bonchev–Trinajstić information content (AvgIpc) is 3.49. The van der Waals surface area contributed by atoms with E-state index in [4.69, 9.17) is 18.7 Å². The van der Waals surface area contributed by atoms with Crippen LogP contribution in [0.1, 0.15) is 17.7 Å². The summed E-state index contributed by atoms with van der Waals surface area (Å²) in [6, 6.07) is 20.5. The lowest BCUT2D eigenvalue weighted by Gasteiger charge is -2.24. The molecule has 1 atom stereocenters. The number of rotatable bonds is 7. The van der Waals surface area contributed by atoms with Crippen LogP contribution in [0.5, 0.6) is 5.75 Å². The van der Waals surface area contributed by atoms with Gasteiger partial charge in [0, 0.05) is 12.1 Å². The van der Waals surface area contributed by atoms with E-state index < -0.39 is 6.09 Å². The monoisotopic (exact) mass is 406 g/mol.